The molecule has 1 aliphatic rings. The van der Waals surface area contributed by atoms with Gasteiger partial charge >= 0.3 is 0 Å². The van der Waals surface area contributed by atoms with Gasteiger partial charge in [0.05, 0.1) is 0 Å². The van der Waals surface area contributed by atoms with Gasteiger partial charge < -0.3 is 9.80 Å². The minimum Gasteiger partial charge on any atom is -0.369 e. The Hall–Kier alpha value is -2.60. The van der Waals surface area contributed by atoms with E-state index in [1.165, 1.54) is 5.69 Å². The average molecular weight is 422 g/mol. The molecular weight excluding hydrogens is 386 g/mol. The zero-order valence-corrected chi connectivity index (χ0v) is 19.8. The van der Waals surface area contributed by atoms with Gasteiger partial charge in [-0.2, -0.15) is 0 Å². The van der Waals surface area contributed by atoms with Crippen LogP contribution in [0.25, 0.3) is 16.9 Å². The molecule has 0 aliphatic carbocycles. The van der Waals surface area contributed by atoms with Crippen LogP contribution in [0.2, 0.25) is 0 Å². The second-order valence-electron chi connectivity index (χ2n) is 8.99. The maximum absolute atomic E-state index is 13.4. The Morgan fingerprint density at radius 1 is 1.00 bits per heavy atom. The van der Waals surface area contributed by atoms with Crippen LogP contribution in [0.1, 0.15) is 49.4 Å². The normalized spacial score (nSPS) is 15.4. The number of likely N-dealkylation sites (N-methyl/N-ethyl adjacent to an activating group) is 1. The molecule has 0 amide bonds. The van der Waals surface area contributed by atoms with Gasteiger partial charge in [0.15, 0.2) is 5.82 Å². The first kappa shape index (κ1) is 21.6. The Bertz CT molecular complexity index is 1150. The van der Waals surface area contributed by atoms with E-state index in [0.717, 1.165) is 72.7 Å². The summed E-state index contributed by atoms with van der Waals surface area (Å²) < 4.78 is 3.58. The van der Waals surface area contributed by atoms with Crippen LogP contribution in [0.5, 0.6) is 0 Å². The summed E-state index contributed by atoms with van der Waals surface area (Å²) in [5, 5.41) is 4.95. The molecule has 3 heterocycles. The van der Waals surface area contributed by atoms with Crippen LogP contribution in [0.4, 0.5) is 5.69 Å². The maximum atomic E-state index is 13.4. The number of anilines is 1. The third kappa shape index (κ3) is 3.78. The lowest BCUT2D eigenvalue weighted by Crippen LogP contribution is -2.44. The number of rotatable bonds is 5. The van der Waals surface area contributed by atoms with Gasteiger partial charge in [0.25, 0.3) is 5.56 Å². The van der Waals surface area contributed by atoms with Crippen molar-refractivity contribution in [3.63, 3.8) is 0 Å². The summed E-state index contributed by atoms with van der Waals surface area (Å²) in [7, 11) is 4.02. The third-order valence-corrected chi connectivity index (χ3v) is 6.95. The first-order valence-electron chi connectivity index (χ1n) is 11.5. The molecular formula is C25H35N5O. The van der Waals surface area contributed by atoms with Gasteiger partial charge in [-0.3, -0.25) is 9.36 Å². The van der Waals surface area contributed by atoms with Crippen molar-refractivity contribution in [1.29, 1.82) is 0 Å². The number of fused-ring (bicyclic) bond motifs is 1. The average Bonchev–Trinajstić information content (AvgIpc) is 3.08. The Morgan fingerprint density at radius 3 is 2.29 bits per heavy atom. The zero-order chi connectivity index (χ0) is 22.3. The molecule has 1 fully saturated rings. The van der Waals surface area contributed by atoms with Crippen molar-refractivity contribution < 1.29 is 0 Å². The second-order valence-corrected chi connectivity index (χ2v) is 8.99. The highest BCUT2D eigenvalue weighted by Gasteiger charge is 2.21. The van der Waals surface area contributed by atoms with Crippen LogP contribution in [-0.2, 0) is 7.05 Å². The van der Waals surface area contributed by atoms with Crippen molar-refractivity contribution in [3.8, 4) is 11.4 Å². The number of hydrogen-bond donors (Lipinski definition) is 0. The van der Waals surface area contributed by atoms with Crippen LogP contribution in [0.15, 0.2) is 29.1 Å². The topological polar surface area (TPSA) is 45.8 Å². The van der Waals surface area contributed by atoms with Crippen molar-refractivity contribution >= 4 is 11.2 Å². The largest absolute Gasteiger partial charge is 0.369 e. The van der Waals surface area contributed by atoms with Crippen molar-refractivity contribution in [2.75, 3.05) is 38.1 Å². The number of aromatic nitrogens is 3. The number of piperazine rings is 1. The maximum Gasteiger partial charge on any atom is 0.278 e. The molecule has 4 rings (SSSR count). The minimum atomic E-state index is 0.0301. The van der Waals surface area contributed by atoms with Gasteiger partial charge in [0.2, 0.25) is 0 Å². The molecule has 0 bridgehead atoms. The van der Waals surface area contributed by atoms with E-state index in [9.17, 15) is 4.79 Å². The van der Waals surface area contributed by atoms with Gasteiger partial charge in [0, 0.05) is 50.2 Å². The number of hydrogen-bond acceptors (Lipinski definition) is 4. The first-order chi connectivity index (χ1) is 14.8. The smallest absolute Gasteiger partial charge is 0.278 e. The van der Waals surface area contributed by atoms with Crippen LogP contribution in [-0.4, -0.2) is 52.3 Å². The highest BCUT2D eigenvalue weighted by Crippen LogP contribution is 2.30. The highest BCUT2D eigenvalue weighted by molar-refractivity contribution is 5.67. The summed E-state index contributed by atoms with van der Waals surface area (Å²) in [5.41, 5.74) is 6.30. The molecule has 1 saturated heterocycles. The van der Waals surface area contributed by atoms with Gasteiger partial charge in [-0.15, -0.1) is 5.10 Å². The SMILES string of the molecule is CCC(CC)c1cc(C)n2nc(-c3ccc(N4CCN(C)CC4)cc3C)n(C)c(=O)c12. The van der Waals surface area contributed by atoms with E-state index < -0.39 is 0 Å². The Balaban J connectivity index is 1.79. The van der Waals surface area contributed by atoms with Gasteiger partial charge in [0.1, 0.15) is 5.52 Å². The predicted octanol–water partition coefficient (Wildman–Crippen LogP) is 3.97. The Kier molecular flexibility index (Phi) is 5.93. The lowest BCUT2D eigenvalue weighted by atomic mass is 9.95. The molecule has 0 spiro atoms. The number of nitrogens with zero attached hydrogens (tertiary/aromatic N) is 5. The summed E-state index contributed by atoms with van der Waals surface area (Å²) in [6, 6.07) is 8.67. The van der Waals surface area contributed by atoms with Gasteiger partial charge in [-0.25, -0.2) is 4.52 Å². The van der Waals surface area contributed by atoms with Crippen molar-refractivity contribution in [3.05, 3.63) is 51.4 Å². The highest BCUT2D eigenvalue weighted by atomic mass is 16.1. The van der Waals surface area contributed by atoms with Crippen molar-refractivity contribution in [2.45, 2.75) is 46.5 Å². The van der Waals surface area contributed by atoms with E-state index >= 15 is 0 Å². The van der Waals surface area contributed by atoms with Crippen molar-refractivity contribution in [2.24, 2.45) is 7.05 Å². The first-order valence-corrected chi connectivity index (χ1v) is 11.5. The van der Waals surface area contributed by atoms with Crippen LogP contribution in [0.3, 0.4) is 0 Å². The fourth-order valence-corrected chi connectivity index (χ4v) is 4.85. The summed E-state index contributed by atoms with van der Waals surface area (Å²) in [5.74, 6) is 1.10. The molecule has 0 N–H and O–H groups in total. The van der Waals surface area contributed by atoms with E-state index in [1.54, 1.807) is 4.57 Å². The molecule has 6 nitrogen and oxygen atoms in total. The second kappa shape index (κ2) is 8.50. The molecule has 31 heavy (non-hydrogen) atoms. The van der Waals surface area contributed by atoms with Gasteiger partial charge in [-0.1, -0.05) is 13.8 Å². The molecule has 3 aromatic rings. The lowest BCUT2D eigenvalue weighted by Gasteiger charge is -2.34. The minimum absolute atomic E-state index is 0.0301. The molecule has 166 valence electrons. The summed E-state index contributed by atoms with van der Waals surface area (Å²) in [6.45, 7) is 12.8. The molecule has 2 aromatic heterocycles. The van der Waals surface area contributed by atoms with Crippen LogP contribution < -0.4 is 10.5 Å². The standard InChI is InChI=1S/C25H35N5O/c1-7-19(8-2)22-16-18(4)30-23(22)25(31)28(6)24(26-30)21-10-9-20(15-17(21)3)29-13-11-27(5)12-14-29/h9-10,15-16,19H,7-8,11-14H2,1-6H3. The lowest BCUT2D eigenvalue weighted by molar-refractivity contribution is 0.313. The van der Waals surface area contributed by atoms with E-state index in [2.05, 4.69) is 61.9 Å². The molecule has 1 aromatic carbocycles. The fourth-order valence-electron chi connectivity index (χ4n) is 4.85. The number of aryl methyl sites for hydroxylation is 2. The monoisotopic (exact) mass is 421 g/mol. The fraction of sp³-hybridized carbons (Fsp3) is 0.520. The molecule has 0 atom stereocenters. The van der Waals surface area contributed by atoms with E-state index in [0.29, 0.717) is 5.92 Å². The number of benzene rings is 1. The Labute approximate surface area is 185 Å². The van der Waals surface area contributed by atoms with Crippen LogP contribution >= 0.6 is 0 Å². The molecule has 1 aliphatic heterocycles. The molecule has 0 unspecified atom stereocenters. The summed E-state index contributed by atoms with van der Waals surface area (Å²) in [6.07, 6.45) is 2.04. The van der Waals surface area contributed by atoms with E-state index in [4.69, 9.17) is 5.10 Å². The predicted molar refractivity (Wildman–Crippen MR) is 128 cm³/mol. The van der Waals surface area contributed by atoms with Crippen LogP contribution in [0, 0.1) is 13.8 Å². The molecule has 0 saturated carbocycles. The van der Waals surface area contributed by atoms with E-state index in [-0.39, 0.29) is 5.56 Å². The quantitative estimate of drug-likeness (QED) is 0.625. The van der Waals surface area contributed by atoms with Crippen molar-refractivity contribution in [1.82, 2.24) is 19.1 Å². The molecule has 0 radical (unpaired) electrons. The Morgan fingerprint density at radius 2 is 1.68 bits per heavy atom. The van der Waals surface area contributed by atoms with E-state index in [1.807, 2.05) is 18.5 Å². The third-order valence-electron chi connectivity index (χ3n) is 6.95. The molecule has 6 heteroatoms. The summed E-state index contributed by atoms with van der Waals surface area (Å²) in [4.78, 5) is 18.2. The zero-order valence-electron chi connectivity index (χ0n) is 19.8. The summed E-state index contributed by atoms with van der Waals surface area (Å²) >= 11 is 0. The van der Waals surface area contributed by atoms with Gasteiger partial charge in [-0.05, 0) is 75.0 Å².